The van der Waals surface area contributed by atoms with E-state index in [1.165, 1.54) is 0 Å². The molecule has 2 aromatic heterocycles. The highest BCUT2D eigenvalue weighted by Gasteiger charge is 2.30. The Morgan fingerprint density at radius 1 is 1.15 bits per heavy atom. The highest BCUT2D eigenvalue weighted by Crippen LogP contribution is 2.31. The summed E-state index contributed by atoms with van der Waals surface area (Å²) in [6.45, 7) is 2.97. The summed E-state index contributed by atoms with van der Waals surface area (Å²) < 4.78 is 32.5. The summed E-state index contributed by atoms with van der Waals surface area (Å²) in [6, 6.07) is 12.7. The maximum atomic E-state index is 12.8. The van der Waals surface area contributed by atoms with Crippen LogP contribution in [0.25, 0.3) is 11.5 Å². The Labute approximate surface area is 152 Å². The van der Waals surface area contributed by atoms with Gasteiger partial charge in [0.25, 0.3) is 0 Å². The molecule has 3 aromatic rings. The summed E-state index contributed by atoms with van der Waals surface area (Å²) in [5, 5.41) is 7.38. The van der Waals surface area contributed by atoms with Crippen molar-refractivity contribution < 1.29 is 12.8 Å². The Bertz CT molecular complexity index is 967. The molecule has 1 aliphatic heterocycles. The molecule has 0 aliphatic carbocycles. The van der Waals surface area contributed by atoms with E-state index in [9.17, 15) is 8.42 Å². The summed E-state index contributed by atoms with van der Waals surface area (Å²) in [5.41, 5.74) is 2.86. The van der Waals surface area contributed by atoms with Crippen LogP contribution in [0.5, 0.6) is 0 Å². The van der Waals surface area contributed by atoms with Crippen LogP contribution in [0.15, 0.2) is 58.0 Å². The van der Waals surface area contributed by atoms with Gasteiger partial charge in [0.1, 0.15) is 5.69 Å². The number of nitrogens with zero attached hydrogens (tertiary/aromatic N) is 2. The third-order valence-electron chi connectivity index (χ3n) is 4.92. The highest BCUT2D eigenvalue weighted by molar-refractivity contribution is 7.89. The molecule has 0 atom stereocenters. The number of piperidine rings is 1. The molecule has 3 heterocycles. The van der Waals surface area contributed by atoms with E-state index < -0.39 is 10.0 Å². The van der Waals surface area contributed by atoms with Crippen molar-refractivity contribution in [2.24, 2.45) is 0 Å². The zero-order chi connectivity index (χ0) is 18.1. The van der Waals surface area contributed by atoms with E-state index >= 15 is 0 Å². The fourth-order valence-electron chi connectivity index (χ4n) is 3.36. The molecular weight excluding hydrogens is 350 g/mol. The van der Waals surface area contributed by atoms with Gasteiger partial charge >= 0.3 is 0 Å². The second kappa shape index (κ2) is 6.74. The molecule has 0 bridgehead atoms. The maximum Gasteiger partial charge on any atom is 0.243 e. The number of hydrogen-bond acceptors (Lipinski definition) is 4. The number of nitrogens with one attached hydrogen (secondary N) is 1. The van der Waals surface area contributed by atoms with Gasteiger partial charge in [0.2, 0.25) is 10.0 Å². The molecule has 1 N–H and O–H groups in total. The Morgan fingerprint density at radius 2 is 1.88 bits per heavy atom. The van der Waals surface area contributed by atoms with Gasteiger partial charge in [-0.1, -0.05) is 17.7 Å². The maximum absolute atomic E-state index is 12.8. The lowest BCUT2D eigenvalue weighted by Crippen LogP contribution is -2.37. The van der Waals surface area contributed by atoms with E-state index in [-0.39, 0.29) is 5.92 Å². The zero-order valence-electron chi connectivity index (χ0n) is 14.6. The summed E-state index contributed by atoms with van der Waals surface area (Å²) in [5.74, 6) is 1.00. The predicted octanol–water partition coefficient (Wildman–Crippen LogP) is 3.55. The number of hydrogen-bond donors (Lipinski definition) is 1. The van der Waals surface area contributed by atoms with E-state index in [1.807, 2.05) is 37.3 Å². The first-order chi connectivity index (χ1) is 12.5. The van der Waals surface area contributed by atoms with E-state index in [0.29, 0.717) is 18.0 Å². The van der Waals surface area contributed by atoms with Crippen molar-refractivity contribution in [2.75, 3.05) is 13.1 Å². The molecule has 6 nitrogen and oxygen atoms in total. The lowest BCUT2D eigenvalue weighted by molar-refractivity contribution is 0.316. The van der Waals surface area contributed by atoms with Crippen LogP contribution in [0, 0.1) is 6.92 Å². The fraction of sp³-hybridized carbons (Fsp3) is 0.316. The van der Waals surface area contributed by atoms with Gasteiger partial charge in [-0.15, -0.1) is 0 Å². The second-order valence-corrected chi connectivity index (χ2v) is 8.62. The lowest BCUT2D eigenvalue weighted by atomic mass is 9.94. The molecule has 136 valence electrons. The van der Waals surface area contributed by atoms with Crippen molar-refractivity contribution in [3.05, 3.63) is 60.0 Å². The average molecular weight is 371 g/mol. The van der Waals surface area contributed by atoms with Crippen LogP contribution in [-0.4, -0.2) is 36.0 Å². The van der Waals surface area contributed by atoms with Crippen LogP contribution in [-0.2, 0) is 10.0 Å². The summed E-state index contributed by atoms with van der Waals surface area (Å²) in [4.78, 5) is 0.364. The molecular formula is C19H21N3O3S. The lowest BCUT2D eigenvalue weighted by Gasteiger charge is -2.30. The van der Waals surface area contributed by atoms with E-state index in [4.69, 9.17) is 4.42 Å². The van der Waals surface area contributed by atoms with Gasteiger partial charge in [-0.05, 0) is 50.1 Å². The molecule has 0 spiro atoms. The van der Waals surface area contributed by atoms with Crippen LogP contribution >= 0.6 is 0 Å². The highest BCUT2D eigenvalue weighted by atomic mass is 32.2. The molecule has 7 heteroatoms. The van der Waals surface area contributed by atoms with Crippen LogP contribution < -0.4 is 0 Å². The Morgan fingerprint density at radius 3 is 2.54 bits per heavy atom. The molecule has 1 aliphatic rings. The third-order valence-corrected chi connectivity index (χ3v) is 6.84. The standard InChI is InChI=1S/C19H21N3O3S/c1-14-4-6-16(7-5-14)26(23,24)22-10-8-15(9-11-22)17-13-18(21-20-17)19-3-2-12-25-19/h2-7,12-13,15H,8-11H2,1H3,(H,20,21). The molecule has 1 fully saturated rings. The minimum atomic E-state index is -3.42. The molecule has 1 aromatic carbocycles. The normalized spacial score (nSPS) is 16.8. The van der Waals surface area contributed by atoms with Crippen LogP contribution in [0.3, 0.4) is 0 Å². The van der Waals surface area contributed by atoms with Crippen molar-refractivity contribution in [3.8, 4) is 11.5 Å². The van der Waals surface area contributed by atoms with E-state index in [2.05, 4.69) is 10.2 Å². The second-order valence-electron chi connectivity index (χ2n) is 6.68. The summed E-state index contributed by atoms with van der Waals surface area (Å²) in [6.07, 6.45) is 3.16. The molecule has 4 rings (SSSR count). The van der Waals surface area contributed by atoms with E-state index in [1.54, 1.807) is 22.7 Å². The predicted molar refractivity (Wildman–Crippen MR) is 98.2 cm³/mol. The number of furan rings is 1. The topological polar surface area (TPSA) is 79.2 Å². The number of aromatic nitrogens is 2. The summed E-state index contributed by atoms with van der Waals surface area (Å²) >= 11 is 0. The van der Waals surface area contributed by atoms with Gasteiger partial charge in [0.15, 0.2) is 5.76 Å². The molecule has 0 saturated carbocycles. The van der Waals surface area contributed by atoms with Crippen LogP contribution in [0.2, 0.25) is 0 Å². The smallest absolute Gasteiger partial charge is 0.243 e. The minimum absolute atomic E-state index is 0.274. The van der Waals surface area contributed by atoms with E-state index in [0.717, 1.165) is 35.6 Å². The number of rotatable bonds is 4. The van der Waals surface area contributed by atoms with Gasteiger partial charge in [-0.2, -0.15) is 9.40 Å². The molecule has 1 saturated heterocycles. The largest absolute Gasteiger partial charge is 0.463 e. The molecule has 0 unspecified atom stereocenters. The number of H-pyrrole nitrogens is 1. The van der Waals surface area contributed by atoms with Gasteiger partial charge < -0.3 is 4.42 Å². The van der Waals surface area contributed by atoms with Crippen molar-refractivity contribution in [2.45, 2.75) is 30.6 Å². The fourth-order valence-corrected chi connectivity index (χ4v) is 4.83. The minimum Gasteiger partial charge on any atom is -0.463 e. The van der Waals surface area contributed by atoms with Crippen molar-refractivity contribution in [1.82, 2.24) is 14.5 Å². The quantitative estimate of drug-likeness (QED) is 0.761. The van der Waals surface area contributed by atoms with Gasteiger partial charge in [0, 0.05) is 24.7 Å². The first kappa shape index (κ1) is 17.1. The molecule has 0 radical (unpaired) electrons. The van der Waals surface area contributed by atoms with Crippen molar-refractivity contribution >= 4 is 10.0 Å². The molecule has 26 heavy (non-hydrogen) atoms. The third kappa shape index (κ3) is 3.20. The Balaban J connectivity index is 1.45. The first-order valence-corrected chi connectivity index (χ1v) is 10.1. The molecule has 0 amide bonds. The van der Waals surface area contributed by atoms with Gasteiger partial charge in [0.05, 0.1) is 11.2 Å². The van der Waals surface area contributed by atoms with Crippen molar-refractivity contribution in [3.63, 3.8) is 0 Å². The van der Waals surface area contributed by atoms with Gasteiger partial charge in [-0.3, -0.25) is 5.10 Å². The Hall–Kier alpha value is -2.38. The monoisotopic (exact) mass is 371 g/mol. The number of aryl methyl sites for hydroxylation is 1. The summed E-state index contributed by atoms with van der Waals surface area (Å²) in [7, 11) is -3.42. The average Bonchev–Trinajstić information content (AvgIpc) is 3.34. The van der Waals surface area contributed by atoms with Crippen LogP contribution in [0.4, 0.5) is 0 Å². The SMILES string of the molecule is Cc1ccc(S(=O)(=O)N2CCC(c3cc(-c4ccco4)n[nH]3)CC2)cc1. The number of benzene rings is 1. The number of sulfonamides is 1. The van der Waals surface area contributed by atoms with Gasteiger partial charge in [-0.25, -0.2) is 8.42 Å². The first-order valence-electron chi connectivity index (χ1n) is 8.70. The van der Waals surface area contributed by atoms with Crippen LogP contribution in [0.1, 0.15) is 30.0 Å². The van der Waals surface area contributed by atoms with Crippen molar-refractivity contribution in [1.29, 1.82) is 0 Å². The zero-order valence-corrected chi connectivity index (χ0v) is 15.4. The number of aromatic amines is 1. The Kier molecular flexibility index (Phi) is 4.42.